The average Bonchev–Trinajstić information content (AvgIpc) is 2.58. The molecule has 0 aromatic carbocycles. The molecule has 1 aromatic heterocycles. The normalized spacial score (nSPS) is 15.1. The molecule has 3 N–H and O–H groups in total. The van der Waals surface area contributed by atoms with Crippen molar-refractivity contribution >= 4 is 5.82 Å². The SMILES string of the molecule is C=C.C=C(C)/C=C\C.CN1CCC(c2ccc(NN)nc2)CC1. The number of piperidine rings is 1. The predicted octanol–water partition coefficient (Wildman–Crippen LogP) is 4.12. The maximum absolute atomic E-state index is 5.28. The van der Waals surface area contributed by atoms with E-state index in [0.717, 1.165) is 11.4 Å². The number of aromatic nitrogens is 1. The monoisotopic (exact) mass is 316 g/mol. The van der Waals surface area contributed by atoms with Gasteiger partial charge in [-0.25, -0.2) is 10.8 Å². The predicted molar refractivity (Wildman–Crippen MR) is 102 cm³/mol. The van der Waals surface area contributed by atoms with Crippen molar-refractivity contribution < 1.29 is 0 Å². The van der Waals surface area contributed by atoms with Crippen LogP contribution in [-0.2, 0) is 0 Å². The van der Waals surface area contributed by atoms with E-state index in [4.69, 9.17) is 5.84 Å². The van der Waals surface area contributed by atoms with Gasteiger partial charge >= 0.3 is 0 Å². The Morgan fingerprint density at radius 1 is 1.35 bits per heavy atom. The van der Waals surface area contributed by atoms with Crippen LogP contribution < -0.4 is 11.3 Å². The van der Waals surface area contributed by atoms with Crippen LogP contribution in [0.2, 0.25) is 0 Å². The van der Waals surface area contributed by atoms with Gasteiger partial charge in [0.1, 0.15) is 5.82 Å². The van der Waals surface area contributed by atoms with Crippen molar-refractivity contribution in [1.29, 1.82) is 0 Å². The number of allylic oxidation sites excluding steroid dienone is 3. The lowest BCUT2D eigenvalue weighted by molar-refractivity contribution is 0.255. The van der Waals surface area contributed by atoms with Crippen molar-refractivity contribution in [3.63, 3.8) is 0 Å². The molecule has 4 nitrogen and oxygen atoms in total. The van der Waals surface area contributed by atoms with Crippen LogP contribution in [0.1, 0.15) is 38.2 Å². The molecule has 1 saturated heterocycles. The van der Waals surface area contributed by atoms with Gasteiger partial charge in [0.05, 0.1) is 0 Å². The Kier molecular flexibility index (Phi) is 11.6. The molecule has 0 aliphatic carbocycles. The summed E-state index contributed by atoms with van der Waals surface area (Å²) < 4.78 is 0. The lowest BCUT2D eigenvalue weighted by Gasteiger charge is -2.28. The van der Waals surface area contributed by atoms with E-state index in [1.807, 2.05) is 38.3 Å². The van der Waals surface area contributed by atoms with Gasteiger partial charge in [0.2, 0.25) is 0 Å². The second-order valence-electron chi connectivity index (χ2n) is 5.55. The number of nitrogens with one attached hydrogen (secondary N) is 1. The summed E-state index contributed by atoms with van der Waals surface area (Å²) in [5.74, 6) is 6.67. The van der Waals surface area contributed by atoms with E-state index in [-0.39, 0.29) is 0 Å². The minimum absolute atomic E-state index is 0.667. The second kappa shape index (κ2) is 12.6. The summed E-state index contributed by atoms with van der Waals surface area (Å²) >= 11 is 0. The molecule has 0 amide bonds. The van der Waals surface area contributed by atoms with Crippen molar-refractivity contribution in [2.75, 3.05) is 25.6 Å². The lowest BCUT2D eigenvalue weighted by atomic mass is 9.91. The van der Waals surface area contributed by atoms with Crippen LogP contribution in [0.3, 0.4) is 0 Å². The first-order chi connectivity index (χ1) is 11.1. The molecule has 0 atom stereocenters. The molecule has 0 radical (unpaired) electrons. The topological polar surface area (TPSA) is 54.2 Å². The highest BCUT2D eigenvalue weighted by atomic mass is 15.2. The summed E-state index contributed by atoms with van der Waals surface area (Å²) in [5.41, 5.74) is 4.99. The van der Waals surface area contributed by atoms with Gasteiger partial charge in [0, 0.05) is 6.20 Å². The first-order valence-electron chi connectivity index (χ1n) is 7.96. The molecule has 0 spiro atoms. The zero-order valence-electron chi connectivity index (χ0n) is 14.9. The molecule has 0 saturated carbocycles. The van der Waals surface area contributed by atoms with Crippen LogP contribution in [0.4, 0.5) is 5.82 Å². The first-order valence-corrected chi connectivity index (χ1v) is 7.96. The number of nitrogens with zero attached hydrogens (tertiary/aromatic N) is 2. The van der Waals surface area contributed by atoms with E-state index < -0.39 is 0 Å². The Bertz CT molecular complexity index is 457. The number of anilines is 1. The number of hydrogen-bond donors (Lipinski definition) is 2. The number of rotatable bonds is 3. The highest BCUT2D eigenvalue weighted by Gasteiger charge is 2.18. The third-order valence-corrected chi connectivity index (χ3v) is 3.58. The van der Waals surface area contributed by atoms with E-state index >= 15 is 0 Å². The summed E-state index contributed by atoms with van der Waals surface area (Å²) in [6, 6.07) is 4.06. The largest absolute Gasteiger partial charge is 0.308 e. The van der Waals surface area contributed by atoms with Gasteiger partial charge in [-0.05, 0) is 64.4 Å². The average molecular weight is 316 g/mol. The molecule has 0 bridgehead atoms. The molecule has 1 fully saturated rings. The Morgan fingerprint density at radius 2 is 1.96 bits per heavy atom. The van der Waals surface area contributed by atoms with Crippen LogP contribution >= 0.6 is 0 Å². The van der Waals surface area contributed by atoms with E-state index in [2.05, 4.69) is 48.2 Å². The highest BCUT2D eigenvalue weighted by Crippen LogP contribution is 2.27. The maximum atomic E-state index is 5.28. The van der Waals surface area contributed by atoms with Gasteiger partial charge in [0.25, 0.3) is 0 Å². The molecule has 0 unspecified atom stereocenters. The van der Waals surface area contributed by atoms with Gasteiger partial charge in [0.15, 0.2) is 0 Å². The molecular formula is C19H32N4. The highest BCUT2D eigenvalue weighted by molar-refractivity contribution is 5.34. The second-order valence-corrected chi connectivity index (χ2v) is 5.55. The molecule has 2 rings (SSSR count). The Hall–Kier alpha value is -1.91. The van der Waals surface area contributed by atoms with E-state index in [9.17, 15) is 0 Å². The summed E-state index contributed by atoms with van der Waals surface area (Å²) in [7, 11) is 2.18. The number of nitrogen functional groups attached to an aromatic ring is 1. The molecule has 23 heavy (non-hydrogen) atoms. The van der Waals surface area contributed by atoms with Gasteiger partial charge < -0.3 is 10.3 Å². The Morgan fingerprint density at radius 3 is 2.30 bits per heavy atom. The molecule has 1 aliphatic rings. The van der Waals surface area contributed by atoms with Gasteiger partial charge in [-0.15, -0.1) is 13.2 Å². The first kappa shape index (κ1) is 21.1. The fourth-order valence-electron chi connectivity index (χ4n) is 2.36. The zero-order chi connectivity index (χ0) is 17.7. The molecule has 1 aliphatic heterocycles. The van der Waals surface area contributed by atoms with E-state index in [1.54, 1.807) is 0 Å². The number of hydrogen-bond acceptors (Lipinski definition) is 4. The quantitative estimate of drug-likeness (QED) is 0.381. The van der Waals surface area contributed by atoms with Crippen molar-refractivity contribution in [2.24, 2.45) is 5.84 Å². The summed E-state index contributed by atoms with van der Waals surface area (Å²) in [6.45, 7) is 16.0. The van der Waals surface area contributed by atoms with Crippen molar-refractivity contribution in [3.8, 4) is 0 Å². The van der Waals surface area contributed by atoms with Gasteiger partial charge in [-0.1, -0.05) is 30.4 Å². The maximum Gasteiger partial charge on any atom is 0.139 e. The van der Waals surface area contributed by atoms with Crippen LogP contribution in [-0.4, -0.2) is 30.0 Å². The van der Waals surface area contributed by atoms with Crippen LogP contribution in [0, 0.1) is 0 Å². The molecule has 2 heterocycles. The zero-order valence-corrected chi connectivity index (χ0v) is 14.9. The molecule has 4 heteroatoms. The lowest BCUT2D eigenvalue weighted by Crippen LogP contribution is -2.29. The van der Waals surface area contributed by atoms with Gasteiger partial charge in [-0.3, -0.25) is 0 Å². The third kappa shape index (κ3) is 8.96. The fourth-order valence-corrected chi connectivity index (χ4v) is 2.36. The Balaban J connectivity index is 0.000000515. The number of pyridine rings is 1. The molecule has 128 valence electrons. The minimum atomic E-state index is 0.667. The molecule has 1 aromatic rings. The van der Waals surface area contributed by atoms with E-state index in [0.29, 0.717) is 5.92 Å². The minimum Gasteiger partial charge on any atom is -0.308 e. The van der Waals surface area contributed by atoms with E-state index in [1.165, 1.54) is 31.5 Å². The summed E-state index contributed by atoms with van der Waals surface area (Å²) in [4.78, 5) is 6.62. The van der Waals surface area contributed by atoms with Crippen molar-refractivity contribution in [1.82, 2.24) is 9.88 Å². The fraction of sp³-hybridized carbons (Fsp3) is 0.421. The summed E-state index contributed by atoms with van der Waals surface area (Å²) in [6.07, 6.45) is 8.34. The molecular weight excluding hydrogens is 284 g/mol. The van der Waals surface area contributed by atoms with Crippen molar-refractivity contribution in [3.05, 3.63) is 61.4 Å². The Labute approximate surface area is 141 Å². The van der Waals surface area contributed by atoms with Crippen LogP contribution in [0.25, 0.3) is 0 Å². The van der Waals surface area contributed by atoms with Crippen LogP contribution in [0.15, 0.2) is 55.8 Å². The number of nitrogens with two attached hydrogens (primary N) is 1. The van der Waals surface area contributed by atoms with Crippen molar-refractivity contribution in [2.45, 2.75) is 32.6 Å². The standard InChI is InChI=1S/C11H18N4.C6H10.C2H4/c1-15-6-4-9(5-7-15)10-2-3-11(14-12)13-8-10;1-4-5-6(2)3;1-2/h2-3,8-9H,4-7,12H2,1H3,(H,13,14);4-5H,2H2,1,3H3;1-2H2/b;5-4-;. The summed E-state index contributed by atoms with van der Waals surface area (Å²) in [5, 5.41) is 0. The number of likely N-dealkylation sites (tertiary alicyclic amines) is 1. The van der Waals surface area contributed by atoms with Gasteiger partial charge in [-0.2, -0.15) is 0 Å². The third-order valence-electron chi connectivity index (χ3n) is 3.58. The van der Waals surface area contributed by atoms with Crippen LogP contribution in [0.5, 0.6) is 0 Å². The number of hydrazine groups is 1. The smallest absolute Gasteiger partial charge is 0.139 e.